The molecule has 1 fully saturated rings. The van der Waals surface area contributed by atoms with Crippen LogP contribution < -0.4 is 10.6 Å². The minimum Gasteiger partial charge on any atom is -0.467 e. The smallest absolute Gasteiger partial charge is 0.328 e. The second-order valence-electron chi connectivity index (χ2n) is 8.47. The Labute approximate surface area is 187 Å². The summed E-state index contributed by atoms with van der Waals surface area (Å²) in [6.45, 7) is 4.11. The van der Waals surface area contributed by atoms with Gasteiger partial charge in [0.2, 0.25) is 5.91 Å². The quantitative estimate of drug-likeness (QED) is 0.528. The maximum absolute atomic E-state index is 12.7. The Balaban J connectivity index is 1.50. The van der Waals surface area contributed by atoms with Crippen molar-refractivity contribution in [3.63, 3.8) is 0 Å². The number of carbonyl (C=O) groups excluding carboxylic acids is 2. The van der Waals surface area contributed by atoms with E-state index in [4.69, 9.17) is 4.74 Å². The van der Waals surface area contributed by atoms with Gasteiger partial charge in [-0.2, -0.15) is 0 Å². The first-order valence-corrected chi connectivity index (χ1v) is 10.9. The Morgan fingerprint density at radius 3 is 2.50 bits per heavy atom. The average Bonchev–Trinajstić information content (AvgIpc) is 3.62. The third kappa shape index (κ3) is 4.72. The molecule has 1 aliphatic carbocycles. The Bertz CT molecular complexity index is 1120. The van der Waals surface area contributed by atoms with Gasteiger partial charge in [0.05, 0.1) is 19.2 Å². The molecule has 1 saturated carbocycles. The van der Waals surface area contributed by atoms with E-state index in [0.29, 0.717) is 11.6 Å². The number of methoxy groups -OCH3 is 1. The number of fused-ring (bicyclic) bond motifs is 1. The van der Waals surface area contributed by atoms with Gasteiger partial charge < -0.3 is 15.4 Å². The fourth-order valence-electron chi connectivity index (χ4n) is 3.94. The van der Waals surface area contributed by atoms with Gasteiger partial charge in [0.1, 0.15) is 11.9 Å². The Morgan fingerprint density at radius 1 is 1.06 bits per heavy atom. The molecule has 0 bridgehead atoms. The van der Waals surface area contributed by atoms with Crippen molar-refractivity contribution in [2.45, 2.75) is 38.8 Å². The molecule has 2 N–H and O–H groups in total. The number of benzene rings is 2. The lowest BCUT2D eigenvalue weighted by Gasteiger charge is -2.21. The summed E-state index contributed by atoms with van der Waals surface area (Å²) in [5, 5.41) is 7.01. The van der Waals surface area contributed by atoms with Crippen molar-refractivity contribution in [2.24, 2.45) is 11.8 Å². The number of hydrogen-bond acceptors (Lipinski definition) is 6. The van der Waals surface area contributed by atoms with Gasteiger partial charge >= 0.3 is 5.97 Å². The predicted octanol–water partition coefficient (Wildman–Crippen LogP) is 3.66. The maximum Gasteiger partial charge on any atom is 0.328 e. The van der Waals surface area contributed by atoms with Crippen LogP contribution in [0.15, 0.2) is 54.6 Å². The summed E-state index contributed by atoms with van der Waals surface area (Å²) in [6, 6.07) is 17.2. The number of rotatable bonds is 8. The van der Waals surface area contributed by atoms with Gasteiger partial charge in [0.25, 0.3) is 0 Å². The lowest BCUT2D eigenvalue weighted by molar-refractivity contribution is -0.142. The Morgan fingerprint density at radius 2 is 1.78 bits per heavy atom. The van der Waals surface area contributed by atoms with Crippen LogP contribution in [-0.2, 0) is 20.9 Å². The van der Waals surface area contributed by atoms with Gasteiger partial charge in [0.15, 0.2) is 5.82 Å². The molecule has 0 radical (unpaired) electrons. The van der Waals surface area contributed by atoms with Gasteiger partial charge in [-0.25, -0.2) is 14.8 Å². The van der Waals surface area contributed by atoms with Crippen LogP contribution in [0.1, 0.15) is 37.6 Å². The molecule has 0 saturated heterocycles. The third-order valence-corrected chi connectivity index (χ3v) is 5.84. The van der Waals surface area contributed by atoms with E-state index >= 15 is 0 Å². The van der Waals surface area contributed by atoms with E-state index in [-0.39, 0.29) is 36.2 Å². The highest BCUT2D eigenvalue weighted by Crippen LogP contribution is 2.47. The van der Waals surface area contributed by atoms with Crippen LogP contribution in [0.25, 0.3) is 10.9 Å². The van der Waals surface area contributed by atoms with E-state index in [1.807, 2.05) is 56.3 Å². The molecule has 1 heterocycles. The largest absolute Gasteiger partial charge is 0.467 e. The van der Waals surface area contributed by atoms with E-state index in [0.717, 1.165) is 17.3 Å². The summed E-state index contributed by atoms with van der Waals surface area (Å²) in [5.74, 6) is 0.973. The molecular weight excluding hydrogens is 404 g/mol. The molecule has 3 aromatic rings. The normalized spacial score (nSPS) is 18.2. The number of amides is 1. The van der Waals surface area contributed by atoms with Gasteiger partial charge in [-0.15, -0.1) is 0 Å². The fourth-order valence-corrected chi connectivity index (χ4v) is 3.94. The highest BCUT2D eigenvalue weighted by atomic mass is 16.5. The number of nitrogens with zero attached hydrogens (tertiary/aromatic N) is 2. The number of nitrogens with one attached hydrogen (secondary N) is 2. The molecule has 1 aromatic heterocycles. The SMILES string of the molecule is COC(=O)[C@@H](Nc1nc(CNC(=O)[C@@H]2C[C@H]2c2ccccc2)nc2ccccc12)C(C)C. The van der Waals surface area contributed by atoms with Crippen molar-refractivity contribution in [1.29, 1.82) is 0 Å². The molecule has 0 spiro atoms. The van der Waals surface area contributed by atoms with Gasteiger partial charge in [-0.05, 0) is 36.0 Å². The second-order valence-corrected chi connectivity index (χ2v) is 8.47. The first-order valence-electron chi connectivity index (χ1n) is 10.9. The molecule has 7 nitrogen and oxygen atoms in total. The molecule has 3 atom stereocenters. The molecule has 0 unspecified atom stereocenters. The molecule has 0 aliphatic heterocycles. The van der Waals surface area contributed by atoms with Crippen LogP contribution in [0.5, 0.6) is 0 Å². The highest BCUT2D eigenvalue weighted by molar-refractivity contribution is 5.91. The van der Waals surface area contributed by atoms with E-state index in [1.54, 1.807) is 0 Å². The van der Waals surface area contributed by atoms with E-state index in [1.165, 1.54) is 12.7 Å². The Hall–Kier alpha value is -3.48. The summed E-state index contributed by atoms with van der Waals surface area (Å²) >= 11 is 0. The van der Waals surface area contributed by atoms with Crippen molar-refractivity contribution >= 4 is 28.6 Å². The topological polar surface area (TPSA) is 93.2 Å². The van der Waals surface area contributed by atoms with Crippen molar-refractivity contribution in [3.05, 3.63) is 66.0 Å². The van der Waals surface area contributed by atoms with E-state index < -0.39 is 6.04 Å². The van der Waals surface area contributed by atoms with Crippen LogP contribution in [0.4, 0.5) is 5.82 Å². The summed E-state index contributed by atoms with van der Waals surface area (Å²) in [4.78, 5) is 34.1. The zero-order valence-electron chi connectivity index (χ0n) is 18.5. The number of hydrogen-bond donors (Lipinski definition) is 2. The molecule has 1 amide bonds. The number of anilines is 1. The summed E-state index contributed by atoms with van der Waals surface area (Å²) in [6.07, 6.45) is 0.858. The van der Waals surface area contributed by atoms with Crippen LogP contribution in [0, 0.1) is 11.8 Å². The number of carbonyl (C=O) groups is 2. The lowest BCUT2D eigenvalue weighted by atomic mass is 10.0. The number of aromatic nitrogens is 2. The van der Waals surface area contributed by atoms with E-state index in [9.17, 15) is 9.59 Å². The van der Waals surface area contributed by atoms with Gasteiger partial charge in [0, 0.05) is 11.3 Å². The average molecular weight is 433 g/mol. The zero-order chi connectivity index (χ0) is 22.7. The van der Waals surface area contributed by atoms with Crippen LogP contribution in [0.2, 0.25) is 0 Å². The molecule has 166 valence electrons. The summed E-state index contributed by atoms with van der Waals surface area (Å²) in [7, 11) is 1.37. The highest BCUT2D eigenvalue weighted by Gasteiger charge is 2.43. The standard InChI is InChI=1S/C25H28N4O3/c1-15(2)22(25(31)32-3)29-23-17-11-7-8-12-20(17)27-21(28-23)14-26-24(30)19-13-18(19)16-9-5-4-6-10-16/h4-12,15,18-19,22H,13-14H2,1-3H3,(H,26,30)(H,27,28,29)/t18-,19+,22-/m0/s1. The van der Waals surface area contributed by atoms with Gasteiger partial charge in [-0.1, -0.05) is 56.3 Å². The lowest BCUT2D eigenvalue weighted by Crippen LogP contribution is -2.36. The minimum atomic E-state index is -0.543. The molecular formula is C25H28N4O3. The van der Waals surface area contributed by atoms with Crippen LogP contribution in [-0.4, -0.2) is 35.0 Å². The number of ether oxygens (including phenoxy) is 1. The summed E-state index contributed by atoms with van der Waals surface area (Å²) < 4.78 is 4.95. The fraction of sp³-hybridized carbons (Fsp3) is 0.360. The first-order chi connectivity index (χ1) is 15.5. The zero-order valence-corrected chi connectivity index (χ0v) is 18.5. The molecule has 7 heteroatoms. The second kappa shape index (κ2) is 9.34. The summed E-state index contributed by atoms with van der Waals surface area (Å²) in [5.41, 5.74) is 1.94. The number of esters is 1. The maximum atomic E-state index is 12.7. The van der Waals surface area contributed by atoms with Crippen molar-refractivity contribution in [3.8, 4) is 0 Å². The molecule has 1 aliphatic rings. The van der Waals surface area contributed by atoms with Crippen LogP contribution in [0.3, 0.4) is 0 Å². The molecule has 4 rings (SSSR count). The van der Waals surface area contributed by atoms with Crippen molar-refractivity contribution in [1.82, 2.24) is 15.3 Å². The predicted molar refractivity (Wildman–Crippen MR) is 123 cm³/mol. The van der Waals surface area contributed by atoms with Crippen molar-refractivity contribution in [2.75, 3.05) is 12.4 Å². The van der Waals surface area contributed by atoms with Crippen LogP contribution >= 0.6 is 0 Å². The Kier molecular flexibility index (Phi) is 6.35. The van der Waals surface area contributed by atoms with Gasteiger partial charge in [-0.3, -0.25) is 4.79 Å². The third-order valence-electron chi connectivity index (χ3n) is 5.84. The number of para-hydroxylation sites is 1. The monoisotopic (exact) mass is 432 g/mol. The van der Waals surface area contributed by atoms with Crippen molar-refractivity contribution < 1.29 is 14.3 Å². The minimum absolute atomic E-state index is 0.00381. The van der Waals surface area contributed by atoms with E-state index in [2.05, 4.69) is 32.7 Å². The molecule has 2 aromatic carbocycles. The first kappa shape index (κ1) is 21.7. The molecule has 32 heavy (non-hydrogen) atoms.